The first-order valence-electron chi connectivity index (χ1n) is 6.47. The summed E-state index contributed by atoms with van der Waals surface area (Å²) < 4.78 is 0. The summed E-state index contributed by atoms with van der Waals surface area (Å²) in [5.41, 5.74) is 6.60. The van der Waals surface area contributed by atoms with E-state index in [9.17, 15) is 9.59 Å². The van der Waals surface area contributed by atoms with Gasteiger partial charge in [0, 0.05) is 18.5 Å². The number of hydrogen-bond acceptors (Lipinski definition) is 2. The molecule has 0 aromatic heterocycles. The Morgan fingerprint density at radius 3 is 2.58 bits per heavy atom. The molecule has 1 aliphatic carbocycles. The zero-order valence-electron chi connectivity index (χ0n) is 10.8. The number of carbonyl (C=O) groups excluding carboxylic acids is 2. The number of hydrogen-bond donors (Lipinski definition) is 2. The van der Waals surface area contributed by atoms with Crippen LogP contribution in [0.1, 0.15) is 35.2 Å². The number of allylic oxidation sites excluding steroid dienone is 2. The van der Waals surface area contributed by atoms with Crippen molar-refractivity contribution in [2.75, 3.05) is 0 Å². The fourth-order valence-electron chi connectivity index (χ4n) is 2.16. The van der Waals surface area contributed by atoms with Crippen LogP contribution in [0, 0.1) is 5.92 Å². The van der Waals surface area contributed by atoms with Crippen molar-refractivity contribution < 1.29 is 9.59 Å². The molecule has 100 valence electrons. The maximum absolute atomic E-state index is 11.7. The second-order valence-electron chi connectivity index (χ2n) is 4.81. The lowest BCUT2D eigenvalue weighted by atomic mass is 10.0. The Balaban J connectivity index is 1.79. The molecule has 0 heterocycles. The smallest absolute Gasteiger partial charge is 0.248 e. The van der Waals surface area contributed by atoms with Crippen molar-refractivity contribution in [1.82, 2.24) is 5.32 Å². The highest BCUT2D eigenvalue weighted by molar-refractivity contribution is 5.92. The predicted molar refractivity (Wildman–Crippen MR) is 73.3 cm³/mol. The molecule has 3 N–H and O–H groups in total. The molecule has 19 heavy (non-hydrogen) atoms. The number of carbonyl (C=O) groups is 2. The summed E-state index contributed by atoms with van der Waals surface area (Å²) in [5, 5.41) is 2.89. The third-order valence-electron chi connectivity index (χ3n) is 3.29. The number of rotatable bonds is 5. The van der Waals surface area contributed by atoms with Crippen LogP contribution in [-0.2, 0) is 11.3 Å². The van der Waals surface area contributed by atoms with Gasteiger partial charge in [-0.2, -0.15) is 0 Å². The topological polar surface area (TPSA) is 72.2 Å². The molecule has 1 aromatic rings. The highest BCUT2D eigenvalue weighted by Gasteiger charge is 2.13. The summed E-state index contributed by atoms with van der Waals surface area (Å²) in [6, 6.07) is 6.94. The first-order chi connectivity index (χ1) is 9.15. The highest BCUT2D eigenvalue weighted by atomic mass is 16.1. The predicted octanol–water partition coefficient (Wildman–Crippen LogP) is 1.76. The molecule has 0 saturated heterocycles. The maximum Gasteiger partial charge on any atom is 0.248 e. The van der Waals surface area contributed by atoms with Crippen molar-refractivity contribution in [3.05, 3.63) is 47.5 Å². The Bertz CT molecular complexity index is 491. The molecule has 0 fully saturated rings. The van der Waals surface area contributed by atoms with Crippen molar-refractivity contribution in [1.29, 1.82) is 0 Å². The van der Waals surface area contributed by atoms with Crippen LogP contribution in [0.15, 0.2) is 36.4 Å². The molecule has 4 nitrogen and oxygen atoms in total. The number of nitrogens with one attached hydrogen (secondary N) is 1. The van der Waals surface area contributed by atoms with Crippen LogP contribution in [0.4, 0.5) is 0 Å². The summed E-state index contributed by atoms with van der Waals surface area (Å²) in [6.07, 6.45) is 6.94. The van der Waals surface area contributed by atoms with Crippen LogP contribution in [-0.4, -0.2) is 11.8 Å². The van der Waals surface area contributed by atoms with Crippen molar-refractivity contribution in [3.8, 4) is 0 Å². The van der Waals surface area contributed by atoms with Gasteiger partial charge in [0.2, 0.25) is 11.8 Å². The second-order valence-corrected chi connectivity index (χ2v) is 4.81. The molecular weight excluding hydrogens is 240 g/mol. The average molecular weight is 258 g/mol. The Morgan fingerprint density at radius 1 is 1.26 bits per heavy atom. The molecule has 4 heteroatoms. The third-order valence-corrected chi connectivity index (χ3v) is 3.29. The summed E-state index contributed by atoms with van der Waals surface area (Å²) in [5.74, 6) is 0.0105. The molecule has 2 amide bonds. The minimum absolute atomic E-state index is 0.0653. The minimum atomic E-state index is -0.441. The first kappa shape index (κ1) is 13.3. The molecule has 0 radical (unpaired) electrons. The maximum atomic E-state index is 11.7. The normalized spacial score (nSPS) is 17.4. The van der Waals surface area contributed by atoms with E-state index >= 15 is 0 Å². The summed E-state index contributed by atoms with van der Waals surface area (Å²) >= 11 is 0. The average Bonchev–Trinajstić information content (AvgIpc) is 2.89. The van der Waals surface area contributed by atoms with Gasteiger partial charge < -0.3 is 11.1 Å². The van der Waals surface area contributed by atoms with Gasteiger partial charge in [0.05, 0.1) is 0 Å². The van der Waals surface area contributed by atoms with Crippen LogP contribution < -0.4 is 11.1 Å². The minimum Gasteiger partial charge on any atom is -0.366 e. The van der Waals surface area contributed by atoms with Gasteiger partial charge in [0.1, 0.15) is 0 Å². The number of amides is 2. The monoisotopic (exact) mass is 258 g/mol. The molecule has 2 rings (SSSR count). The van der Waals surface area contributed by atoms with E-state index in [2.05, 4.69) is 17.5 Å². The quantitative estimate of drug-likeness (QED) is 0.790. The van der Waals surface area contributed by atoms with Crippen molar-refractivity contribution in [3.63, 3.8) is 0 Å². The number of primary amides is 1. The number of benzene rings is 1. The van der Waals surface area contributed by atoms with Gasteiger partial charge in [-0.15, -0.1) is 0 Å². The Labute approximate surface area is 112 Å². The third kappa shape index (κ3) is 3.95. The molecule has 0 saturated carbocycles. The number of nitrogens with two attached hydrogens (primary N) is 1. The lowest BCUT2D eigenvalue weighted by molar-refractivity contribution is -0.121. The van der Waals surface area contributed by atoms with Crippen LogP contribution in [0.2, 0.25) is 0 Å². The fraction of sp³-hybridized carbons (Fsp3) is 0.333. The van der Waals surface area contributed by atoms with E-state index in [1.54, 1.807) is 24.3 Å². The van der Waals surface area contributed by atoms with E-state index in [1.807, 2.05) is 0 Å². The molecule has 1 aliphatic rings. The van der Waals surface area contributed by atoms with E-state index in [-0.39, 0.29) is 5.91 Å². The first-order valence-corrected chi connectivity index (χ1v) is 6.47. The SMILES string of the molecule is NC(=O)c1ccc(CNC(=O)C[C@@H]2C=CCC2)cc1. The Morgan fingerprint density at radius 2 is 2.00 bits per heavy atom. The second kappa shape index (κ2) is 6.18. The van der Waals surface area contributed by atoms with Gasteiger partial charge in [-0.05, 0) is 36.5 Å². The van der Waals surface area contributed by atoms with Crippen LogP contribution in [0.25, 0.3) is 0 Å². The van der Waals surface area contributed by atoms with Gasteiger partial charge in [-0.1, -0.05) is 24.3 Å². The van der Waals surface area contributed by atoms with Gasteiger partial charge in [-0.3, -0.25) is 9.59 Å². The van der Waals surface area contributed by atoms with Crippen molar-refractivity contribution in [2.24, 2.45) is 11.7 Å². The zero-order valence-corrected chi connectivity index (χ0v) is 10.8. The summed E-state index contributed by atoms with van der Waals surface area (Å²) in [6.45, 7) is 0.480. The lowest BCUT2D eigenvalue weighted by Gasteiger charge is -2.09. The van der Waals surface area contributed by atoms with E-state index in [0.29, 0.717) is 24.4 Å². The lowest BCUT2D eigenvalue weighted by Crippen LogP contribution is -2.24. The van der Waals surface area contributed by atoms with E-state index in [0.717, 1.165) is 18.4 Å². The fourth-order valence-corrected chi connectivity index (χ4v) is 2.16. The van der Waals surface area contributed by atoms with E-state index in [1.165, 1.54) is 0 Å². The summed E-state index contributed by atoms with van der Waals surface area (Å²) in [7, 11) is 0. The summed E-state index contributed by atoms with van der Waals surface area (Å²) in [4.78, 5) is 22.6. The molecule has 1 atom stereocenters. The molecular formula is C15H18N2O2. The van der Waals surface area contributed by atoms with Gasteiger partial charge in [-0.25, -0.2) is 0 Å². The van der Waals surface area contributed by atoms with Crippen LogP contribution >= 0.6 is 0 Å². The molecule has 1 aromatic carbocycles. The van der Waals surface area contributed by atoms with Gasteiger partial charge >= 0.3 is 0 Å². The van der Waals surface area contributed by atoms with E-state index < -0.39 is 5.91 Å². The highest BCUT2D eigenvalue weighted by Crippen LogP contribution is 2.20. The molecule has 0 unspecified atom stereocenters. The zero-order chi connectivity index (χ0) is 13.7. The van der Waals surface area contributed by atoms with Crippen molar-refractivity contribution in [2.45, 2.75) is 25.8 Å². The van der Waals surface area contributed by atoms with Crippen LogP contribution in [0.3, 0.4) is 0 Å². The van der Waals surface area contributed by atoms with E-state index in [4.69, 9.17) is 5.73 Å². The molecule has 0 spiro atoms. The van der Waals surface area contributed by atoms with Gasteiger partial charge in [0.15, 0.2) is 0 Å². The molecule has 0 bridgehead atoms. The largest absolute Gasteiger partial charge is 0.366 e. The Kier molecular flexibility index (Phi) is 4.34. The Hall–Kier alpha value is -2.10. The van der Waals surface area contributed by atoms with Crippen LogP contribution in [0.5, 0.6) is 0 Å². The van der Waals surface area contributed by atoms with Gasteiger partial charge in [0.25, 0.3) is 0 Å². The van der Waals surface area contributed by atoms with Crippen molar-refractivity contribution >= 4 is 11.8 Å². The standard InChI is InChI=1S/C15H18N2O2/c16-15(19)13-7-5-12(6-8-13)10-17-14(18)9-11-3-1-2-4-11/h1,3,5-8,11H,2,4,9-10H2,(H2,16,19)(H,17,18)/t11-/m1/s1. The molecule has 0 aliphatic heterocycles.